The van der Waals surface area contributed by atoms with Crippen LogP contribution in [0.2, 0.25) is 0 Å². The van der Waals surface area contributed by atoms with Crippen molar-refractivity contribution in [3.8, 4) is 0 Å². The first-order chi connectivity index (χ1) is 21.1. The predicted molar refractivity (Wildman–Crippen MR) is 187 cm³/mol. The molecule has 0 saturated carbocycles. The number of hydrogen-bond acceptors (Lipinski definition) is 4. The summed E-state index contributed by atoms with van der Waals surface area (Å²) in [6.45, 7) is 4.52. The van der Waals surface area contributed by atoms with Crippen molar-refractivity contribution in [2.24, 2.45) is 0 Å². The molecule has 0 aromatic heterocycles. The summed E-state index contributed by atoms with van der Waals surface area (Å²) in [7, 11) is 5.90. The second kappa shape index (κ2) is 28.3. The Balaban J connectivity index is 4.38. The van der Waals surface area contributed by atoms with Crippen molar-refractivity contribution < 1.29 is 24.3 Å². The number of unbranched alkanes of at least 4 members (excludes halogenated alkanes) is 25. The first-order valence-corrected chi connectivity index (χ1v) is 19.4. The fourth-order valence-corrected chi connectivity index (χ4v) is 6.94. The van der Waals surface area contributed by atoms with E-state index in [2.05, 4.69) is 13.8 Å². The number of ketones is 1. The van der Waals surface area contributed by atoms with E-state index in [0.717, 1.165) is 32.1 Å². The summed E-state index contributed by atoms with van der Waals surface area (Å²) in [6.07, 6.45) is 34.1. The van der Waals surface area contributed by atoms with Gasteiger partial charge >= 0.3 is 0 Å². The first-order valence-electron chi connectivity index (χ1n) is 19.4. The van der Waals surface area contributed by atoms with Gasteiger partial charge in [0.2, 0.25) is 0 Å². The number of likely N-dealkylation sites (N-methyl/N-ethyl adjacent to an activating group) is 1. The second-order valence-corrected chi connectivity index (χ2v) is 14.9. The maximum atomic E-state index is 13.4. The average Bonchev–Trinajstić information content (AvgIpc) is 2.96. The lowest BCUT2D eigenvalue weighted by Crippen LogP contribution is -2.63. The molecule has 0 spiro atoms. The molecule has 5 nitrogen and oxygen atoms in total. The Kier molecular flexibility index (Phi) is 27.7. The van der Waals surface area contributed by atoms with Crippen molar-refractivity contribution in [1.29, 1.82) is 0 Å². The van der Waals surface area contributed by atoms with Crippen molar-refractivity contribution in [2.75, 3.05) is 21.1 Å². The Morgan fingerprint density at radius 3 is 1.14 bits per heavy atom. The third-order valence-corrected chi connectivity index (χ3v) is 9.72. The van der Waals surface area contributed by atoms with Gasteiger partial charge < -0.3 is 19.5 Å². The van der Waals surface area contributed by atoms with Crippen LogP contribution in [-0.4, -0.2) is 54.1 Å². The van der Waals surface area contributed by atoms with Crippen LogP contribution in [0.3, 0.4) is 0 Å². The van der Waals surface area contributed by atoms with Crippen molar-refractivity contribution in [1.82, 2.24) is 0 Å². The molecule has 44 heavy (non-hydrogen) atoms. The predicted octanol–water partition coefficient (Wildman–Crippen LogP) is 9.85. The van der Waals surface area contributed by atoms with Crippen molar-refractivity contribution in [3.05, 3.63) is 0 Å². The molecule has 0 aliphatic heterocycles. The smallest absolute Gasteiger partial charge is 0.179 e. The SMILES string of the molecule is CCCCCCCCCCCCCCCCC(C(O)(CC(=O)[O-])C(=O)CCCCCCCCCCCCCCC)[N+](C)(C)C. The van der Waals surface area contributed by atoms with Gasteiger partial charge in [0, 0.05) is 25.2 Å². The molecule has 262 valence electrons. The molecule has 0 aliphatic carbocycles. The highest BCUT2D eigenvalue weighted by molar-refractivity contribution is 5.91. The van der Waals surface area contributed by atoms with Gasteiger partial charge in [0.05, 0.1) is 21.1 Å². The summed E-state index contributed by atoms with van der Waals surface area (Å²) < 4.78 is 0.368. The molecule has 0 rings (SSSR count). The maximum absolute atomic E-state index is 13.4. The number of carbonyl (C=O) groups is 2. The monoisotopic (exact) mass is 624 g/mol. The number of hydrogen-bond donors (Lipinski definition) is 1. The highest BCUT2D eigenvalue weighted by Crippen LogP contribution is 2.30. The van der Waals surface area contributed by atoms with E-state index in [-0.39, 0.29) is 12.2 Å². The summed E-state index contributed by atoms with van der Waals surface area (Å²) in [6, 6.07) is -0.452. The van der Waals surface area contributed by atoms with Gasteiger partial charge in [-0.1, -0.05) is 174 Å². The van der Waals surface area contributed by atoms with E-state index in [1.54, 1.807) is 0 Å². The zero-order valence-electron chi connectivity index (χ0n) is 30.4. The number of carbonyl (C=O) groups excluding carboxylic acids is 2. The van der Waals surface area contributed by atoms with Crippen molar-refractivity contribution >= 4 is 11.8 Å². The fourth-order valence-electron chi connectivity index (χ4n) is 6.94. The van der Waals surface area contributed by atoms with Gasteiger partial charge in [0.15, 0.2) is 11.4 Å². The largest absolute Gasteiger partial charge is 0.550 e. The topological polar surface area (TPSA) is 77.4 Å². The molecule has 0 radical (unpaired) electrons. The third kappa shape index (κ3) is 23.4. The molecule has 1 N–H and O–H groups in total. The van der Waals surface area contributed by atoms with E-state index < -0.39 is 24.0 Å². The van der Waals surface area contributed by atoms with E-state index in [9.17, 15) is 19.8 Å². The van der Waals surface area contributed by atoms with Crippen LogP contribution in [-0.2, 0) is 9.59 Å². The van der Waals surface area contributed by atoms with Crippen molar-refractivity contribution in [3.63, 3.8) is 0 Å². The van der Waals surface area contributed by atoms with Crippen molar-refractivity contribution in [2.45, 2.75) is 218 Å². The average molecular weight is 624 g/mol. The van der Waals surface area contributed by atoms with E-state index in [1.165, 1.54) is 135 Å². The van der Waals surface area contributed by atoms with Gasteiger partial charge in [0.25, 0.3) is 0 Å². The number of carboxylic acid groups (broad SMARTS) is 1. The molecule has 5 heteroatoms. The Morgan fingerprint density at radius 1 is 0.545 bits per heavy atom. The normalized spacial score (nSPS) is 14.0. The second-order valence-electron chi connectivity index (χ2n) is 14.9. The van der Waals surface area contributed by atoms with E-state index in [4.69, 9.17) is 0 Å². The van der Waals surface area contributed by atoms with Gasteiger partial charge in [-0.05, 0) is 12.8 Å². The van der Waals surface area contributed by atoms with Gasteiger partial charge in [-0.15, -0.1) is 0 Å². The molecule has 0 saturated heterocycles. The molecule has 0 aromatic carbocycles. The van der Waals surface area contributed by atoms with Crippen LogP contribution in [0.5, 0.6) is 0 Å². The Hall–Kier alpha value is -0.940. The quantitative estimate of drug-likeness (QED) is 0.0572. The van der Waals surface area contributed by atoms with E-state index >= 15 is 0 Å². The van der Waals surface area contributed by atoms with Gasteiger partial charge in [0.1, 0.15) is 6.04 Å². The van der Waals surface area contributed by atoms with E-state index in [1.807, 2.05) is 21.1 Å². The van der Waals surface area contributed by atoms with Gasteiger partial charge in [-0.2, -0.15) is 0 Å². The molecule has 2 unspecified atom stereocenters. The van der Waals surface area contributed by atoms with Gasteiger partial charge in [-0.25, -0.2) is 0 Å². The minimum atomic E-state index is -1.87. The van der Waals surface area contributed by atoms with Crippen LogP contribution < -0.4 is 5.11 Å². The Bertz CT molecular complexity index is 674. The molecular formula is C39H77NO4. The summed E-state index contributed by atoms with van der Waals surface area (Å²) in [4.78, 5) is 25.1. The van der Waals surface area contributed by atoms with Crippen LogP contribution >= 0.6 is 0 Å². The molecule has 0 aromatic rings. The standard InChI is InChI=1S/C39H77NO4/c1-6-8-10-12-14-16-18-20-22-23-25-27-29-31-33-36(40(3,4)5)39(44,35-38(42)43)37(41)34-32-30-28-26-24-21-19-17-15-13-11-9-7-2/h36,44H,6-35H2,1-5H3. The summed E-state index contributed by atoms with van der Waals surface area (Å²) in [5.74, 6) is -1.65. The number of aliphatic hydroxyl groups is 1. The van der Waals surface area contributed by atoms with Crippen LogP contribution in [0.1, 0.15) is 206 Å². The lowest BCUT2D eigenvalue weighted by atomic mass is 9.80. The van der Waals surface area contributed by atoms with Crippen LogP contribution in [0.4, 0.5) is 0 Å². The molecule has 0 fully saturated rings. The van der Waals surface area contributed by atoms with Gasteiger partial charge in [-0.3, -0.25) is 4.79 Å². The number of Topliss-reactive ketones (excluding diaryl/α,β-unsaturated/α-hetero) is 1. The number of aliphatic carboxylic acids is 1. The van der Waals surface area contributed by atoms with Crippen LogP contribution in [0.15, 0.2) is 0 Å². The van der Waals surface area contributed by atoms with Crippen LogP contribution in [0, 0.1) is 0 Å². The molecule has 0 heterocycles. The molecule has 0 aliphatic rings. The number of rotatable bonds is 34. The zero-order valence-corrected chi connectivity index (χ0v) is 30.4. The Labute approximate surface area is 274 Å². The number of carboxylic acids is 1. The first kappa shape index (κ1) is 43.1. The molecule has 2 atom stereocenters. The molecule has 0 amide bonds. The molecular weight excluding hydrogens is 546 g/mol. The number of quaternary nitrogens is 1. The lowest BCUT2D eigenvalue weighted by Gasteiger charge is -2.44. The zero-order chi connectivity index (χ0) is 32.9. The van der Waals surface area contributed by atoms with E-state index in [0.29, 0.717) is 17.3 Å². The summed E-state index contributed by atoms with van der Waals surface area (Å²) >= 11 is 0. The van der Waals surface area contributed by atoms with Crippen LogP contribution in [0.25, 0.3) is 0 Å². The lowest BCUT2D eigenvalue weighted by molar-refractivity contribution is -0.902. The molecule has 0 bridgehead atoms. The maximum Gasteiger partial charge on any atom is 0.179 e. The summed E-state index contributed by atoms with van der Waals surface area (Å²) in [5, 5.41) is 23.4. The fraction of sp³-hybridized carbons (Fsp3) is 0.949. The summed E-state index contributed by atoms with van der Waals surface area (Å²) in [5.41, 5.74) is -1.87. The Morgan fingerprint density at radius 2 is 0.841 bits per heavy atom. The third-order valence-electron chi connectivity index (χ3n) is 9.72. The number of nitrogens with zero attached hydrogens (tertiary/aromatic N) is 1. The minimum Gasteiger partial charge on any atom is -0.550 e. The highest BCUT2D eigenvalue weighted by atomic mass is 16.4. The minimum absolute atomic E-state index is 0.247. The highest BCUT2D eigenvalue weighted by Gasteiger charge is 2.49.